The van der Waals surface area contributed by atoms with Gasteiger partial charge in [0.2, 0.25) is 0 Å². The predicted molar refractivity (Wildman–Crippen MR) is 79.3 cm³/mol. The van der Waals surface area contributed by atoms with E-state index in [1.54, 1.807) is 37.3 Å². The maximum atomic E-state index is 12.6. The first kappa shape index (κ1) is 16.3. The second-order valence-electron chi connectivity index (χ2n) is 4.75. The molecule has 1 aromatic carbocycles. The highest BCUT2D eigenvalue weighted by atomic mass is 16.5. The lowest BCUT2D eigenvalue weighted by Gasteiger charge is -2.25. The molecule has 0 aliphatic heterocycles. The molecule has 1 atom stereocenters. The third-order valence-corrected chi connectivity index (χ3v) is 3.24. The van der Waals surface area contributed by atoms with Gasteiger partial charge in [-0.05, 0) is 31.5 Å². The molecule has 0 aromatic heterocycles. The number of ether oxygens (including phenoxy) is 2. The van der Waals surface area contributed by atoms with Gasteiger partial charge in [-0.15, -0.1) is 0 Å². The first-order valence-corrected chi connectivity index (χ1v) is 6.78. The van der Waals surface area contributed by atoms with E-state index in [0.29, 0.717) is 36.7 Å². The van der Waals surface area contributed by atoms with Gasteiger partial charge in [0.25, 0.3) is 5.91 Å². The Labute approximate surface area is 120 Å². The number of amides is 1. The zero-order valence-corrected chi connectivity index (χ0v) is 12.7. The van der Waals surface area contributed by atoms with Crippen molar-refractivity contribution in [3.05, 3.63) is 23.8 Å². The Morgan fingerprint density at radius 2 is 2.05 bits per heavy atom. The van der Waals surface area contributed by atoms with Gasteiger partial charge in [-0.2, -0.15) is 0 Å². The van der Waals surface area contributed by atoms with Gasteiger partial charge in [-0.3, -0.25) is 4.79 Å². The SMILES string of the molecule is CCN(CC(C)CN)C(=O)c1ccc(OC)cc1OC. The molecule has 5 nitrogen and oxygen atoms in total. The molecule has 0 heterocycles. The highest BCUT2D eigenvalue weighted by molar-refractivity contribution is 5.97. The second-order valence-corrected chi connectivity index (χ2v) is 4.75. The van der Waals surface area contributed by atoms with Gasteiger partial charge in [-0.25, -0.2) is 0 Å². The molecular formula is C15H24N2O3. The Balaban J connectivity index is 2.99. The van der Waals surface area contributed by atoms with Crippen LogP contribution in [0, 0.1) is 5.92 Å². The fourth-order valence-corrected chi connectivity index (χ4v) is 1.95. The van der Waals surface area contributed by atoms with Gasteiger partial charge in [0.05, 0.1) is 19.8 Å². The number of carbonyl (C=O) groups excluding carboxylic acids is 1. The largest absolute Gasteiger partial charge is 0.497 e. The Hall–Kier alpha value is -1.75. The van der Waals surface area contributed by atoms with Crippen LogP contribution in [0.1, 0.15) is 24.2 Å². The molecular weight excluding hydrogens is 256 g/mol. The van der Waals surface area contributed by atoms with Crippen molar-refractivity contribution in [2.24, 2.45) is 11.7 Å². The van der Waals surface area contributed by atoms with Crippen molar-refractivity contribution in [2.75, 3.05) is 33.9 Å². The Morgan fingerprint density at radius 3 is 2.55 bits per heavy atom. The number of rotatable bonds is 7. The first-order valence-electron chi connectivity index (χ1n) is 6.78. The smallest absolute Gasteiger partial charge is 0.257 e. The first-order chi connectivity index (χ1) is 9.57. The summed E-state index contributed by atoms with van der Waals surface area (Å²) in [6.45, 7) is 5.82. The summed E-state index contributed by atoms with van der Waals surface area (Å²) in [6, 6.07) is 5.21. The summed E-state index contributed by atoms with van der Waals surface area (Å²) in [7, 11) is 3.13. The summed E-state index contributed by atoms with van der Waals surface area (Å²) in [6.07, 6.45) is 0. The van der Waals surface area contributed by atoms with Crippen molar-refractivity contribution < 1.29 is 14.3 Å². The average Bonchev–Trinajstić information content (AvgIpc) is 2.50. The third kappa shape index (κ3) is 3.87. The van der Waals surface area contributed by atoms with Crippen LogP contribution in [-0.4, -0.2) is 44.7 Å². The summed E-state index contributed by atoms with van der Waals surface area (Å²) < 4.78 is 10.4. The van der Waals surface area contributed by atoms with Crippen LogP contribution in [0.2, 0.25) is 0 Å². The van der Waals surface area contributed by atoms with Gasteiger partial charge >= 0.3 is 0 Å². The highest BCUT2D eigenvalue weighted by Gasteiger charge is 2.20. The van der Waals surface area contributed by atoms with Crippen molar-refractivity contribution >= 4 is 5.91 Å². The molecule has 0 radical (unpaired) electrons. The molecule has 1 aromatic rings. The monoisotopic (exact) mass is 280 g/mol. The van der Waals surface area contributed by atoms with E-state index in [2.05, 4.69) is 0 Å². The molecule has 1 rings (SSSR count). The number of nitrogens with zero attached hydrogens (tertiary/aromatic N) is 1. The van der Waals surface area contributed by atoms with Crippen LogP contribution in [0.3, 0.4) is 0 Å². The van der Waals surface area contributed by atoms with E-state index in [1.165, 1.54) is 0 Å². The fraction of sp³-hybridized carbons (Fsp3) is 0.533. The Morgan fingerprint density at radius 1 is 1.35 bits per heavy atom. The van der Waals surface area contributed by atoms with Crippen LogP contribution in [-0.2, 0) is 0 Å². The standard InChI is InChI=1S/C15H24N2O3/c1-5-17(10-11(2)9-16)15(18)13-7-6-12(19-3)8-14(13)20-4/h6-8,11H,5,9-10,16H2,1-4H3. The minimum Gasteiger partial charge on any atom is -0.497 e. The molecule has 0 fully saturated rings. The van der Waals surface area contributed by atoms with Crippen molar-refractivity contribution in [1.82, 2.24) is 4.90 Å². The minimum absolute atomic E-state index is 0.0488. The van der Waals surface area contributed by atoms with Gasteiger partial charge < -0.3 is 20.1 Å². The van der Waals surface area contributed by atoms with E-state index in [4.69, 9.17) is 15.2 Å². The number of methoxy groups -OCH3 is 2. The number of hydrogen-bond donors (Lipinski definition) is 1. The Kier molecular flexibility index (Phi) is 6.31. The van der Waals surface area contributed by atoms with Crippen molar-refractivity contribution in [2.45, 2.75) is 13.8 Å². The molecule has 0 saturated carbocycles. The molecule has 0 bridgehead atoms. The van der Waals surface area contributed by atoms with E-state index in [-0.39, 0.29) is 11.8 Å². The highest BCUT2D eigenvalue weighted by Crippen LogP contribution is 2.25. The van der Waals surface area contributed by atoms with Crippen LogP contribution in [0.25, 0.3) is 0 Å². The van der Waals surface area contributed by atoms with E-state index >= 15 is 0 Å². The number of carbonyl (C=O) groups is 1. The lowest BCUT2D eigenvalue weighted by atomic mass is 10.1. The molecule has 112 valence electrons. The zero-order valence-electron chi connectivity index (χ0n) is 12.7. The molecule has 5 heteroatoms. The fourth-order valence-electron chi connectivity index (χ4n) is 1.95. The van der Waals surface area contributed by atoms with Crippen LogP contribution >= 0.6 is 0 Å². The second kappa shape index (κ2) is 7.75. The summed E-state index contributed by atoms with van der Waals surface area (Å²) in [5, 5.41) is 0. The minimum atomic E-state index is -0.0488. The van der Waals surface area contributed by atoms with E-state index in [0.717, 1.165) is 0 Å². The Bertz CT molecular complexity index is 449. The van der Waals surface area contributed by atoms with E-state index in [9.17, 15) is 4.79 Å². The average molecular weight is 280 g/mol. The summed E-state index contributed by atoms with van der Waals surface area (Å²) in [4.78, 5) is 14.4. The molecule has 0 saturated heterocycles. The van der Waals surface area contributed by atoms with Gasteiger partial charge in [0.15, 0.2) is 0 Å². The summed E-state index contributed by atoms with van der Waals surface area (Å²) >= 11 is 0. The van der Waals surface area contributed by atoms with Crippen LogP contribution in [0.5, 0.6) is 11.5 Å². The summed E-state index contributed by atoms with van der Waals surface area (Å²) in [5.74, 6) is 1.40. The van der Waals surface area contributed by atoms with E-state index in [1.807, 2.05) is 13.8 Å². The maximum absolute atomic E-state index is 12.6. The molecule has 1 unspecified atom stereocenters. The van der Waals surface area contributed by atoms with Crippen LogP contribution in [0.15, 0.2) is 18.2 Å². The molecule has 0 aliphatic carbocycles. The van der Waals surface area contributed by atoms with Crippen LogP contribution < -0.4 is 15.2 Å². The predicted octanol–water partition coefficient (Wildman–Crippen LogP) is 1.76. The van der Waals surface area contributed by atoms with Gasteiger partial charge in [0, 0.05) is 19.2 Å². The van der Waals surface area contributed by atoms with Gasteiger partial charge in [0.1, 0.15) is 11.5 Å². The van der Waals surface area contributed by atoms with Crippen molar-refractivity contribution in [1.29, 1.82) is 0 Å². The topological polar surface area (TPSA) is 64.8 Å². The van der Waals surface area contributed by atoms with Crippen molar-refractivity contribution in [3.63, 3.8) is 0 Å². The molecule has 2 N–H and O–H groups in total. The molecule has 1 amide bonds. The number of hydrogen-bond acceptors (Lipinski definition) is 4. The zero-order chi connectivity index (χ0) is 15.1. The lowest BCUT2D eigenvalue weighted by molar-refractivity contribution is 0.0740. The quantitative estimate of drug-likeness (QED) is 0.826. The van der Waals surface area contributed by atoms with Gasteiger partial charge in [-0.1, -0.05) is 6.92 Å². The van der Waals surface area contributed by atoms with E-state index < -0.39 is 0 Å². The number of nitrogens with two attached hydrogens (primary N) is 1. The third-order valence-electron chi connectivity index (χ3n) is 3.24. The summed E-state index contributed by atoms with van der Waals surface area (Å²) in [5.41, 5.74) is 6.17. The van der Waals surface area contributed by atoms with Crippen LogP contribution in [0.4, 0.5) is 0 Å². The lowest BCUT2D eigenvalue weighted by Crippen LogP contribution is -2.36. The molecule has 20 heavy (non-hydrogen) atoms. The molecule has 0 spiro atoms. The van der Waals surface area contributed by atoms with Crippen molar-refractivity contribution in [3.8, 4) is 11.5 Å². The molecule has 0 aliphatic rings. The maximum Gasteiger partial charge on any atom is 0.257 e. The normalized spacial score (nSPS) is 11.8. The number of benzene rings is 1.